The lowest BCUT2D eigenvalue weighted by Gasteiger charge is -2.36. The van der Waals surface area contributed by atoms with E-state index in [1.165, 1.54) is 19.3 Å². The van der Waals surface area contributed by atoms with Crippen molar-refractivity contribution in [3.05, 3.63) is 23.8 Å². The van der Waals surface area contributed by atoms with E-state index >= 15 is 0 Å². The van der Waals surface area contributed by atoms with Crippen molar-refractivity contribution in [2.45, 2.75) is 39.2 Å². The van der Waals surface area contributed by atoms with E-state index in [-0.39, 0.29) is 0 Å². The largest absolute Gasteiger partial charge is 0.496 e. The minimum Gasteiger partial charge on any atom is -0.496 e. The standard InChI is InChI=1S/C16H25NO2/c1-4-13-7-6-10-17(11-13)14-8-5-9-15(19-3)16(14)12(2)18/h5,8-9,12-13,18H,4,6-7,10-11H2,1-3H3/t12-,13?/m0/s1. The zero-order valence-corrected chi connectivity index (χ0v) is 12.2. The molecule has 0 aliphatic carbocycles. The molecule has 1 aromatic rings. The molecular weight excluding hydrogens is 238 g/mol. The normalized spacial score (nSPS) is 21.3. The topological polar surface area (TPSA) is 32.7 Å². The van der Waals surface area contributed by atoms with Crippen LogP contribution in [0.2, 0.25) is 0 Å². The number of nitrogens with zero attached hydrogens (tertiary/aromatic N) is 1. The van der Waals surface area contributed by atoms with E-state index in [0.29, 0.717) is 0 Å². The third-order valence-corrected chi connectivity index (χ3v) is 4.12. The van der Waals surface area contributed by atoms with Crippen molar-refractivity contribution in [3.8, 4) is 5.75 Å². The number of ether oxygens (including phenoxy) is 1. The zero-order valence-electron chi connectivity index (χ0n) is 12.2. The Hall–Kier alpha value is -1.22. The highest BCUT2D eigenvalue weighted by atomic mass is 16.5. The van der Waals surface area contributed by atoms with Gasteiger partial charge in [0.2, 0.25) is 0 Å². The maximum Gasteiger partial charge on any atom is 0.126 e. The Kier molecular flexibility index (Phi) is 4.70. The summed E-state index contributed by atoms with van der Waals surface area (Å²) in [6, 6.07) is 6.03. The van der Waals surface area contributed by atoms with Gasteiger partial charge >= 0.3 is 0 Å². The molecule has 3 heteroatoms. The number of benzene rings is 1. The first-order valence-electron chi connectivity index (χ1n) is 7.27. The first-order valence-corrected chi connectivity index (χ1v) is 7.27. The Morgan fingerprint density at radius 1 is 1.47 bits per heavy atom. The van der Waals surface area contributed by atoms with E-state index in [4.69, 9.17) is 4.74 Å². The van der Waals surface area contributed by atoms with Gasteiger partial charge in [0.05, 0.1) is 13.2 Å². The van der Waals surface area contributed by atoms with Gasteiger partial charge in [-0.05, 0) is 37.8 Å². The van der Waals surface area contributed by atoms with Crippen molar-refractivity contribution in [1.82, 2.24) is 0 Å². The quantitative estimate of drug-likeness (QED) is 0.904. The summed E-state index contributed by atoms with van der Waals surface area (Å²) in [5.74, 6) is 1.55. The molecule has 1 aromatic carbocycles. The molecule has 0 spiro atoms. The summed E-state index contributed by atoms with van der Waals surface area (Å²) in [7, 11) is 1.66. The average Bonchev–Trinajstić information content (AvgIpc) is 2.46. The summed E-state index contributed by atoms with van der Waals surface area (Å²) in [6.45, 7) is 6.23. The van der Waals surface area contributed by atoms with Crippen molar-refractivity contribution in [2.75, 3.05) is 25.1 Å². The van der Waals surface area contributed by atoms with Crippen molar-refractivity contribution in [1.29, 1.82) is 0 Å². The minimum absolute atomic E-state index is 0.506. The molecule has 0 radical (unpaired) electrons. The van der Waals surface area contributed by atoms with Crippen LogP contribution >= 0.6 is 0 Å². The molecule has 1 fully saturated rings. The van der Waals surface area contributed by atoms with Gasteiger partial charge in [-0.3, -0.25) is 0 Å². The fourth-order valence-electron chi connectivity index (χ4n) is 3.02. The second-order valence-electron chi connectivity index (χ2n) is 5.43. The highest BCUT2D eigenvalue weighted by Gasteiger charge is 2.23. The number of anilines is 1. The Morgan fingerprint density at radius 2 is 2.26 bits per heavy atom. The van der Waals surface area contributed by atoms with Crippen LogP contribution in [0.25, 0.3) is 0 Å². The second kappa shape index (κ2) is 6.29. The Bertz CT molecular complexity index is 417. The molecule has 19 heavy (non-hydrogen) atoms. The number of rotatable bonds is 4. The summed E-state index contributed by atoms with van der Waals surface area (Å²) in [4.78, 5) is 2.41. The summed E-state index contributed by atoms with van der Waals surface area (Å²) in [5, 5.41) is 10.1. The zero-order chi connectivity index (χ0) is 13.8. The molecule has 1 saturated heterocycles. The van der Waals surface area contributed by atoms with Crippen LogP contribution in [0.3, 0.4) is 0 Å². The van der Waals surface area contributed by atoms with Crippen molar-refractivity contribution in [3.63, 3.8) is 0 Å². The maximum absolute atomic E-state index is 10.1. The van der Waals surface area contributed by atoms with Crippen LogP contribution in [0.4, 0.5) is 5.69 Å². The van der Waals surface area contributed by atoms with Crippen molar-refractivity contribution < 1.29 is 9.84 Å². The maximum atomic E-state index is 10.1. The first-order chi connectivity index (χ1) is 9.17. The third-order valence-electron chi connectivity index (χ3n) is 4.12. The van der Waals surface area contributed by atoms with Gasteiger partial charge in [0.15, 0.2) is 0 Å². The third kappa shape index (κ3) is 3.03. The van der Waals surface area contributed by atoms with Gasteiger partial charge in [0, 0.05) is 24.3 Å². The molecule has 0 amide bonds. The molecule has 106 valence electrons. The molecule has 1 aliphatic rings. The van der Waals surface area contributed by atoms with Crippen molar-refractivity contribution >= 4 is 5.69 Å². The smallest absolute Gasteiger partial charge is 0.126 e. The van der Waals surface area contributed by atoms with E-state index in [9.17, 15) is 5.11 Å². The van der Waals surface area contributed by atoms with Crippen molar-refractivity contribution in [2.24, 2.45) is 5.92 Å². The molecule has 2 atom stereocenters. The highest BCUT2D eigenvalue weighted by molar-refractivity contribution is 5.60. The van der Waals surface area contributed by atoms with Gasteiger partial charge in [-0.15, -0.1) is 0 Å². The van der Waals surface area contributed by atoms with Crippen LogP contribution in [0.15, 0.2) is 18.2 Å². The van der Waals surface area contributed by atoms with Gasteiger partial charge in [0.25, 0.3) is 0 Å². The number of aliphatic hydroxyl groups is 1. The van der Waals surface area contributed by atoms with Crippen LogP contribution < -0.4 is 9.64 Å². The predicted octanol–water partition coefficient (Wildman–Crippen LogP) is 3.37. The van der Waals surface area contributed by atoms with Gasteiger partial charge in [-0.1, -0.05) is 19.4 Å². The van der Waals surface area contributed by atoms with Gasteiger partial charge < -0.3 is 14.7 Å². The highest BCUT2D eigenvalue weighted by Crippen LogP contribution is 2.36. The fraction of sp³-hybridized carbons (Fsp3) is 0.625. The lowest BCUT2D eigenvalue weighted by atomic mass is 9.94. The summed E-state index contributed by atoms with van der Waals surface area (Å²) in [5.41, 5.74) is 2.05. The fourth-order valence-corrected chi connectivity index (χ4v) is 3.02. The summed E-state index contributed by atoms with van der Waals surface area (Å²) in [6.07, 6.45) is 3.27. The van der Waals surface area contributed by atoms with E-state index in [2.05, 4.69) is 17.9 Å². The molecule has 1 aliphatic heterocycles. The first kappa shape index (κ1) is 14.2. The summed E-state index contributed by atoms with van der Waals surface area (Å²) >= 11 is 0. The molecule has 1 N–H and O–H groups in total. The number of methoxy groups -OCH3 is 1. The lowest BCUT2D eigenvalue weighted by Crippen LogP contribution is -2.35. The molecule has 0 aromatic heterocycles. The number of hydrogen-bond donors (Lipinski definition) is 1. The number of piperidine rings is 1. The molecule has 2 rings (SSSR count). The van der Waals surface area contributed by atoms with Crippen LogP contribution in [-0.4, -0.2) is 25.3 Å². The average molecular weight is 263 g/mol. The molecule has 1 unspecified atom stereocenters. The second-order valence-corrected chi connectivity index (χ2v) is 5.43. The van der Waals surface area contributed by atoms with Crippen LogP contribution in [-0.2, 0) is 0 Å². The van der Waals surface area contributed by atoms with E-state index in [1.807, 2.05) is 19.1 Å². The molecule has 1 heterocycles. The van der Waals surface area contributed by atoms with Crippen LogP contribution in [0, 0.1) is 5.92 Å². The number of aliphatic hydroxyl groups excluding tert-OH is 1. The number of hydrogen-bond acceptors (Lipinski definition) is 3. The Morgan fingerprint density at radius 3 is 2.89 bits per heavy atom. The summed E-state index contributed by atoms with van der Waals surface area (Å²) < 4.78 is 5.40. The SMILES string of the molecule is CCC1CCCN(c2cccc(OC)c2[C@H](C)O)C1. The monoisotopic (exact) mass is 263 g/mol. The predicted molar refractivity (Wildman–Crippen MR) is 78.9 cm³/mol. The molecule has 3 nitrogen and oxygen atoms in total. The van der Waals surface area contributed by atoms with E-state index in [0.717, 1.165) is 36.0 Å². The Labute approximate surface area is 116 Å². The van der Waals surface area contributed by atoms with E-state index in [1.54, 1.807) is 7.11 Å². The minimum atomic E-state index is -0.506. The van der Waals surface area contributed by atoms with Gasteiger partial charge in [-0.25, -0.2) is 0 Å². The van der Waals surface area contributed by atoms with E-state index < -0.39 is 6.10 Å². The van der Waals surface area contributed by atoms with Gasteiger partial charge in [-0.2, -0.15) is 0 Å². The molecular formula is C16H25NO2. The van der Waals surface area contributed by atoms with Crippen LogP contribution in [0.1, 0.15) is 44.8 Å². The molecule has 0 saturated carbocycles. The lowest BCUT2D eigenvalue weighted by molar-refractivity contribution is 0.194. The Balaban J connectivity index is 2.33. The van der Waals surface area contributed by atoms with Crippen LogP contribution in [0.5, 0.6) is 5.75 Å². The molecule has 0 bridgehead atoms. The van der Waals surface area contributed by atoms with Gasteiger partial charge in [0.1, 0.15) is 5.75 Å².